The van der Waals surface area contributed by atoms with Crippen molar-refractivity contribution in [2.75, 3.05) is 6.61 Å². The molecule has 0 bridgehead atoms. The Kier molecular flexibility index (Phi) is 6.61. The second kappa shape index (κ2) is 9.34. The lowest BCUT2D eigenvalue weighted by Gasteiger charge is -2.10. The molecule has 1 aromatic carbocycles. The number of rotatable bonds is 7. The summed E-state index contributed by atoms with van der Waals surface area (Å²) >= 11 is 1.55. The zero-order valence-corrected chi connectivity index (χ0v) is 17.5. The Morgan fingerprint density at radius 3 is 2.62 bits per heavy atom. The molecule has 0 aliphatic carbocycles. The van der Waals surface area contributed by atoms with E-state index in [0.717, 1.165) is 27.5 Å². The standard InChI is InChI=1S/C22H23N3O3S/c1-4-28-22(27)17-7-9-19(10-8-17)25-15(2)12-18(16(25)3)14-23-24-21(26)13-20-6-5-11-29-20/h5-12,14H,4,13H2,1-3H3,(H,24,26)/b23-14-. The summed E-state index contributed by atoms with van der Waals surface area (Å²) in [5.74, 6) is -0.474. The third kappa shape index (κ3) is 5.00. The third-order valence-electron chi connectivity index (χ3n) is 4.41. The van der Waals surface area contributed by atoms with Crippen LogP contribution in [0.3, 0.4) is 0 Å². The van der Waals surface area contributed by atoms with E-state index in [1.165, 1.54) is 0 Å². The van der Waals surface area contributed by atoms with Gasteiger partial charge < -0.3 is 9.30 Å². The topological polar surface area (TPSA) is 72.7 Å². The highest BCUT2D eigenvalue weighted by Crippen LogP contribution is 2.20. The molecule has 0 unspecified atom stereocenters. The second-order valence-corrected chi connectivity index (χ2v) is 7.51. The Morgan fingerprint density at radius 1 is 1.21 bits per heavy atom. The van der Waals surface area contributed by atoms with Crippen LogP contribution in [0.25, 0.3) is 5.69 Å². The van der Waals surface area contributed by atoms with Crippen molar-refractivity contribution in [1.82, 2.24) is 9.99 Å². The fraction of sp³-hybridized carbons (Fsp3) is 0.227. The van der Waals surface area contributed by atoms with Crippen molar-refractivity contribution in [3.8, 4) is 5.69 Å². The van der Waals surface area contributed by atoms with Crippen LogP contribution in [0.5, 0.6) is 0 Å². The number of hydrazone groups is 1. The van der Waals surface area contributed by atoms with Crippen LogP contribution in [0.2, 0.25) is 0 Å². The Labute approximate surface area is 173 Å². The van der Waals surface area contributed by atoms with Gasteiger partial charge in [0, 0.05) is 27.5 Å². The van der Waals surface area contributed by atoms with Crippen LogP contribution in [0.15, 0.2) is 52.9 Å². The van der Waals surface area contributed by atoms with Crippen LogP contribution in [-0.4, -0.2) is 29.3 Å². The second-order valence-electron chi connectivity index (χ2n) is 6.48. The molecule has 1 N–H and O–H groups in total. The number of aryl methyl sites for hydroxylation is 1. The maximum absolute atomic E-state index is 12.0. The fourth-order valence-electron chi connectivity index (χ4n) is 3.06. The molecule has 3 aromatic rings. The van der Waals surface area contributed by atoms with Crippen molar-refractivity contribution in [3.63, 3.8) is 0 Å². The van der Waals surface area contributed by atoms with Gasteiger partial charge >= 0.3 is 5.97 Å². The van der Waals surface area contributed by atoms with Gasteiger partial charge in [-0.05, 0) is 62.5 Å². The number of thiophene rings is 1. The molecule has 6 nitrogen and oxygen atoms in total. The molecule has 0 aliphatic rings. The number of carbonyl (C=O) groups excluding carboxylic acids is 2. The van der Waals surface area contributed by atoms with E-state index in [4.69, 9.17) is 4.74 Å². The van der Waals surface area contributed by atoms with E-state index < -0.39 is 0 Å². The molecule has 0 fully saturated rings. The third-order valence-corrected chi connectivity index (χ3v) is 5.29. The molecule has 0 saturated heterocycles. The predicted molar refractivity (Wildman–Crippen MR) is 115 cm³/mol. The van der Waals surface area contributed by atoms with Gasteiger partial charge in [-0.3, -0.25) is 4.79 Å². The minimum atomic E-state index is -0.328. The molecule has 0 radical (unpaired) electrons. The molecular weight excluding hydrogens is 386 g/mol. The molecule has 0 saturated carbocycles. The highest BCUT2D eigenvalue weighted by molar-refractivity contribution is 7.10. The Morgan fingerprint density at radius 2 is 1.97 bits per heavy atom. The van der Waals surface area contributed by atoms with Crippen LogP contribution in [0, 0.1) is 13.8 Å². The summed E-state index contributed by atoms with van der Waals surface area (Å²) in [4.78, 5) is 24.8. The first-order valence-electron chi connectivity index (χ1n) is 9.30. The lowest BCUT2D eigenvalue weighted by atomic mass is 10.2. The number of amides is 1. The zero-order valence-electron chi connectivity index (χ0n) is 16.6. The molecule has 0 aliphatic heterocycles. The average molecular weight is 410 g/mol. The number of nitrogens with one attached hydrogen (secondary N) is 1. The van der Waals surface area contributed by atoms with E-state index >= 15 is 0 Å². The van der Waals surface area contributed by atoms with E-state index in [1.54, 1.807) is 36.6 Å². The van der Waals surface area contributed by atoms with Crippen molar-refractivity contribution < 1.29 is 14.3 Å². The Hall–Kier alpha value is -3.19. The summed E-state index contributed by atoms with van der Waals surface area (Å²) in [5, 5.41) is 6.04. The van der Waals surface area contributed by atoms with Crippen molar-refractivity contribution in [1.29, 1.82) is 0 Å². The van der Waals surface area contributed by atoms with Gasteiger partial charge in [-0.15, -0.1) is 11.3 Å². The van der Waals surface area contributed by atoms with Crippen LogP contribution in [0.4, 0.5) is 0 Å². The Bertz CT molecular complexity index is 1020. The maximum Gasteiger partial charge on any atom is 0.338 e. The molecule has 2 heterocycles. The molecule has 150 valence electrons. The number of nitrogens with zero attached hydrogens (tertiary/aromatic N) is 2. The SMILES string of the molecule is CCOC(=O)c1ccc(-n2c(C)cc(/C=N\NC(=O)Cc3cccs3)c2C)cc1. The van der Waals surface area contributed by atoms with E-state index in [1.807, 2.05) is 49.6 Å². The fourth-order valence-corrected chi connectivity index (χ4v) is 3.76. The zero-order chi connectivity index (χ0) is 20.8. The van der Waals surface area contributed by atoms with Crippen LogP contribution < -0.4 is 5.43 Å². The molecule has 0 spiro atoms. The van der Waals surface area contributed by atoms with Crippen molar-refractivity contribution in [2.45, 2.75) is 27.2 Å². The van der Waals surface area contributed by atoms with Crippen molar-refractivity contribution in [3.05, 3.63) is 75.2 Å². The van der Waals surface area contributed by atoms with E-state index in [9.17, 15) is 9.59 Å². The number of hydrogen-bond acceptors (Lipinski definition) is 5. The summed E-state index contributed by atoms with van der Waals surface area (Å²) in [7, 11) is 0. The number of esters is 1. The molecule has 29 heavy (non-hydrogen) atoms. The smallest absolute Gasteiger partial charge is 0.338 e. The number of carbonyl (C=O) groups is 2. The predicted octanol–water partition coefficient (Wildman–Crippen LogP) is 4.03. The number of benzene rings is 1. The lowest BCUT2D eigenvalue weighted by Crippen LogP contribution is -2.19. The minimum Gasteiger partial charge on any atom is -0.462 e. The van der Waals surface area contributed by atoms with Gasteiger partial charge in [-0.1, -0.05) is 6.07 Å². The molecule has 3 rings (SSSR count). The first-order chi connectivity index (χ1) is 14.0. The minimum absolute atomic E-state index is 0.146. The summed E-state index contributed by atoms with van der Waals surface area (Å²) in [6.45, 7) is 6.12. The highest BCUT2D eigenvalue weighted by atomic mass is 32.1. The van der Waals surface area contributed by atoms with Crippen LogP contribution >= 0.6 is 11.3 Å². The van der Waals surface area contributed by atoms with E-state index in [0.29, 0.717) is 18.6 Å². The maximum atomic E-state index is 12.0. The van der Waals surface area contributed by atoms with Gasteiger partial charge in [0.2, 0.25) is 5.91 Å². The highest BCUT2D eigenvalue weighted by Gasteiger charge is 2.11. The normalized spacial score (nSPS) is 11.0. The Balaban J connectivity index is 1.71. The van der Waals surface area contributed by atoms with E-state index in [-0.39, 0.29) is 11.9 Å². The molecule has 2 aromatic heterocycles. The van der Waals surface area contributed by atoms with Crippen LogP contribution in [0.1, 0.15) is 39.1 Å². The van der Waals surface area contributed by atoms with Crippen molar-refractivity contribution in [2.24, 2.45) is 5.10 Å². The summed E-state index contributed by atoms with van der Waals surface area (Å²) < 4.78 is 7.10. The lowest BCUT2D eigenvalue weighted by molar-refractivity contribution is -0.120. The molecular formula is C22H23N3O3S. The van der Waals surface area contributed by atoms with Gasteiger partial charge in [0.1, 0.15) is 0 Å². The summed E-state index contributed by atoms with van der Waals surface area (Å²) in [6.07, 6.45) is 1.97. The summed E-state index contributed by atoms with van der Waals surface area (Å²) in [5.41, 5.74) is 6.96. The number of aromatic nitrogens is 1. The van der Waals surface area contributed by atoms with Crippen LogP contribution in [-0.2, 0) is 16.0 Å². The first-order valence-corrected chi connectivity index (χ1v) is 10.2. The van der Waals surface area contributed by atoms with Gasteiger partial charge in [0.25, 0.3) is 0 Å². The first kappa shape index (κ1) is 20.5. The monoisotopic (exact) mass is 409 g/mol. The number of ether oxygens (including phenoxy) is 1. The van der Waals surface area contributed by atoms with Gasteiger partial charge in [0.15, 0.2) is 0 Å². The molecule has 1 amide bonds. The number of hydrogen-bond donors (Lipinski definition) is 1. The molecule has 7 heteroatoms. The van der Waals surface area contributed by atoms with E-state index in [2.05, 4.69) is 15.1 Å². The quantitative estimate of drug-likeness (QED) is 0.364. The van der Waals surface area contributed by atoms with Crippen molar-refractivity contribution >= 4 is 29.4 Å². The van der Waals surface area contributed by atoms with Gasteiger partial charge in [-0.2, -0.15) is 5.10 Å². The largest absolute Gasteiger partial charge is 0.462 e. The average Bonchev–Trinajstić information content (AvgIpc) is 3.30. The summed E-state index contributed by atoms with van der Waals surface area (Å²) in [6, 6.07) is 13.1. The van der Waals surface area contributed by atoms with Gasteiger partial charge in [-0.25, -0.2) is 10.2 Å². The van der Waals surface area contributed by atoms with Gasteiger partial charge in [0.05, 0.1) is 24.8 Å². The molecule has 0 atom stereocenters.